The minimum atomic E-state index is -0.489. The zero-order valence-corrected chi connectivity index (χ0v) is 28.1. The summed E-state index contributed by atoms with van der Waals surface area (Å²) in [5, 5.41) is 0. The molecule has 0 radical (unpaired) electrons. The predicted octanol–water partition coefficient (Wildman–Crippen LogP) is 10.9. The number of rotatable bonds is 21. The van der Waals surface area contributed by atoms with Crippen LogP contribution in [0.15, 0.2) is 72.8 Å². The molecule has 0 fully saturated rings. The lowest BCUT2D eigenvalue weighted by Crippen LogP contribution is -2.15. The van der Waals surface area contributed by atoms with Gasteiger partial charge in [0.05, 0.1) is 17.2 Å². The molecule has 0 aliphatic heterocycles. The SMILES string of the molecule is CCCCCCCCCCCC(=O)Oc1ccc(-c2ccc(C(=O)Oc3ccc(C(=O)OC(C)CCCCCC)cc3)cc2)cc1. The Hall–Kier alpha value is -3.93. The minimum Gasteiger partial charge on any atom is -0.459 e. The molecule has 6 nitrogen and oxygen atoms in total. The molecule has 0 amide bonds. The van der Waals surface area contributed by atoms with Gasteiger partial charge in [-0.05, 0) is 85.8 Å². The molecule has 46 heavy (non-hydrogen) atoms. The highest BCUT2D eigenvalue weighted by atomic mass is 16.5. The number of carbonyl (C=O) groups is 3. The van der Waals surface area contributed by atoms with Crippen LogP contribution in [0.5, 0.6) is 11.5 Å². The molecule has 248 valence electrons. The van der Waals surface area contributed by atoms with Gasteiger partial charge in [0.25, 0.3) is 0 Å². The second-order valence-corrected chi connectivity index (χ2v) is 12.1. The van der Waals surface area contributed by atoms with E-state index in [-0.39, 0.29) is 18.0 Å². The fourth-order valence-corrected chi connectivity index (χ4v) is 5.27. The number of ether oxygens (including phenoxy) is 3. The lowest BCUT2D eigenvalue weighted by Gasteiger charge is -2.13. The van der Waals surface area contributed by atoms with Crippen molar-refractivity contribution in [3.63, 3.8) is 0 Å². The Morgan fingerprint density at radius 2 is 0.957 bits per heavy atom. The van der Waals surface area contributed by atoms with Crippen LogP contribution in [0.1, 0.15) is 138 Å². The van der Waals surface area contributed by atoms with Crippen LogP contribution < -0.4 is 9.47 Å². The van der Waals surface area contributed by atoms with Crippen molar-refractivity contribution in [3.8, 4) is 22.6 Å². The predicted molar refractivity (Wildman–Crippen MR) is 184 cm³/mol. The van der Waals surface area contributed by atoms with Crippen molar-refractivity contribution in [3.05, 3.63) is 83.9 Å². The fourth-order valence-electron chi connectivity index (χ4n) is 5.27. The second-order valence-electron chi connectivity index (χ2n) is 12.1. The summed E-state index contributed by atoms with van der Waals surface area (Å²) in [4.78, 5) is 37.4. The maximum atomic E-state index is 12.7. The summed E-state index contributed by atoms with van der Waals surface area (Å²) < 4.78 is 16.6. The average molecular weight is 629 g/mol. The lowest BCUT2D eigenvalue weighted by molar-refractivity contribution is -0.134. The number of benzene rings is 3. The van der Waals surface area contributed by atoms with Crippen LogP contribution in [-0.2, 0) is 9.53 Å². The van der Waals surface area contributed by atoms with Gasteiger partial charge in [0.2, 0.25) is 0 Å². The molecular formula is C40H52O6. The van der Waals surface area contributed by atoms with Crippen molar-refractivity contribution < 1.29 is 28.6 Å². The number of hydrogen-bond acceptors (Lipinski definition) is 6. The van der Waals surface area contributed by atoms with Crippen molar-refractivity contribution in [2.75, 3.05) is 0 Å². The largest absolute Gasteiger partial charge is 0.459 e. The maximum Gasteiger partial charge on any atom is 0.343 e. The smallest absolute Gasteiger partial charge is 0.343 e. The van der Waals surface area contributed by atoms with E-state index in [9.17, 15) is 14.4 Å². The molecule has 0 N–H and O–H groups in total. The van der Waals surface area contributed by atoms with Gasteiger partial charge in [0.1, 0.15) is 11.5 Å². The van der Waals surface area contributed by atoms with Crippen LogP contribution in [-0.4, -0.2) is 24.0 Å². The van der Waals surface area contributed by atoms with Gasteiger partial charge in [0, 0.05) is 6.42 Å². The third-order valence-corrected chi connectivity index (χ3v) is 8.10. The molecule has 0 heterocycles. The fraction of sp³-hybridized carbons (Fsp3) is 0.475. The molecule has 1 unspecified atom stereocenters. The minimum absolute atomic E-state index is 0.139. The molecule has 3 rings (SSSR count). The van der Waals surface area contributed by atoms with E-state index in [0.29, 0.717) is 29.0 Å². The highest BCUT2D eigenvalue weighted by Gasteiger charge is 2.14. The van der Waals surface area contributed by atoms with E-state index in [0.717, 1.165) is 43.2 Å². The van der Waals surface area contributed by atoms with E-state index in [2.05, 4.69) is 13.8 Å². The Morgan fingerprint density at radius 3 is 1.54 bits per heavy atom. The lowest BCUT2D eigenvalue weighted by atomic mass is 10.0. The van der Waals surface area contributed by atoms with Gasteiger partial charge < -0.3 is 14.2 Å². The van der Waals surface area contributed by atoms with Gasteiger partial charge in [-0.15, -0.1) is 0 Å². The number of esters is 3. The number of carbonyl (C=O) groups excluding carboxylic acids is 3. The Balaban J connectivity index is 1.40. The molecule has 0 aliphatic carbocycles. The summed E-state index contributed by atoms with van der Waals surface area (Å²) in [5.74, 6) is -0.188. The zero-order chi connectivity index (χ0) is 33.0. The molecule has 3 aromatic carbocycles. The molecule has 0 aliphatic rings. The van der Waals surface area contributed by atoms with Crippen LogP contribution in [0, 0.1) is 0 Å². The number of hydrogen-bond donors (Lipinski definition) is 0. The third-order valence-electron chi connectivity index (χ3n) is 8.10. The number of unbranched alkanes of at least 4 members (excludes halogenated alkanes) is 11. The highest BCUT2D eigenvalue weighted by molar-refractivity contribution is 5.92. The molecule has 0 saturated heterocycles. The average Bonchev–Trinajstić information content (AvgIpc) is 3.06. The molecule has 0 aromatic heterocycles. The summed E-state index contributed by atoms with van der Waals surface area (Å²) in [6, 6.07) is 20.9. The first-order chi connectivity index (χ1) is 22.4. The Morgan fingerprint density at radius 1 is 0.522 bits per heavy atom. The van der Waals surface area contributed by atoms with E-state index >= 15 is 0 Å². The van der Waals surface area contributed by atoms with Gasteiger partial charge in [-0.1, -0.05) is 109 Å². The Bertz CT molecular complexity index is 1310. The summed E-state index contributed by atoms with van der Waals surface area (Å²) in [5.41, 5.74) is 2.69. The van der Waals surface area contributed by atoms with E-state index < -0.39 is 5.97 Å². The molecule has 6 heteroatoms. The van der Waals surface area contributed by atoms with Crippen molar-refractivity contribution >= 4 is 17.9 Å². The highest BCUT2D eigenvalue weighted by Crippen LogP contribution is 2.24. The molecule has 0 bridgehead atoms. The summed E-state index contributed by atoms with van der Waals surface area (Å²) >= 11 is 0. The van der Waals surface area contributed by atoms with Gasteiger partial charge >= 0.3 is 17.9 Å². The topological polar surface area (TPSA) is 78.9 Å². The third kappa shape index (κ3) is 13.6. The zero-order valence-electron chi connectivity index (χ0n) is 28.1. The van der Waals surface area contributed by atoms with Crippen LogP contribution in [0.4, 0.5) is 0 Å². The first-order valence-corrected chi connectivity index (χ1v) is 17.3. The summed E-state index contributed by atoms with van der Waals surface area (Å²) in [6.45, 7) is 6.32. The van der Waals surface area contributed by atoms with Crippen LogP contribution in [0.25, 0.3) is 11.1 Å². The summed E-state index contributed by atoms with van der Waals surface area (Å²) in [6.07, 6.45) is 16.6. The second kappa shape index (κ2) is 21.0. The molecular weight excluding hydrogens is 576 g/mol. The summed E-state index contributed by atoms with van der Waals surface area (Å²) in [7, 11) is 0. The van der Waals surface area contributed by atoms with E-state index in [1.54, 1.807) is 48.5 Å². The van der Waals surface area contributed by atoms with Gasteiger partial charge in [-0.2, -0.15) is 0 Å². The monoisotopic (exact) mass is 628 g/mol. The standard InChI is InChI=1S/C40H52O6/c1-4-6-8-10-11-12-13-14-16-18-38(41)45-36-27-23-33(24-28-36)32-19-21-34(22-20-32)40(43)46-37-29-25-35(26-30-37)39(42)44-31(3)17-15-9-7-5-2/h19-31H,4-18H2,1-3H3. The van der Waals surface area contributed by atoms with Crippen molar-refractivity contribution in [2.45, 2.75) is 123 Å². The van der Waals surface area contributed by atoms with Crippen molar-refractivity contribution in [1.82, 2.24) is 0 Å². The van der Waals surface area contributed by atoms with Crippen LogP contribution in [0.3, 0.4) is 0 Å². The van der Waals surface area contributed by atoms with Crippen molar-refractivity contribution in [2.24, 2.45) is 0 Å². The van der Waals surface area contributed by atoms with E-state index in [1.165, 1.54) is 57.8 Å². The van der Waals surface area contributed by atoms with Crippen LogP contribution >= 0.6 is 0 Å². The quantitative estimate of drug-likeness (QED) is 0.0663. The molecule has 1 atom stereocenters. The molecule has 3 aromatic rings. The maximum absolute atomic E-state index is 12.7. The van der Waals surface area contributed by atoms with Gasteiger partial charge in [0.15, 0.2) is 0 Å². The van der Waals surface area contributed by atoms with Gasteiger partial charge in [-0.25, -0.2) is 9.59 Å². The normalized spacial score (nSPS) is 11.5. The first-order valence-electron chi connectivity index (χ1n) is 17.3. The molecule has 0 spiro atoms. The molecule has 0 saturated carbocycles. The Kier molecular flexibility index (Phi) is 16.7. The Labute approximate surface area is 275 Å². The van der Waals surface area contributed by atoms with Crippen LogP contribution in [0.2, 0.25) is 0 Å². The van der Waals surface area contributed by atoms with Gasteiger partial charge in [-0.3, -0.25) is 4.79 Å². The van der Waals surface area contributed by atoms with E-state index in [1.807, 2.05) is 31.2 Å². The first kappa shape index (κ1) is 36.5. The van der Waals surface area contributed by atoms with E-state index in [4.69, 9.17) is 14.2 Å². The van der Waals surface area contributed by atoms with Crippen molar-refractivity contribution in [1.29, 1.82) is 0 Å².